The van der Waals surface area contributed by atoms with Crippen molar-refractivity contribution < 1.29 is 14.6 Å². The molecular formula is C16H22N2O3. The summed E-state index contributed by atoms with van der Waals surface area (Å²) in [7, 11) is 0. The minimum atomic E-state index is -0.439. The van der Waals surface area contributed by atoms with Crippen LogP contribution in [0.4, 0.5) is 0 Å². The first-order valence-corrected chi connectivity index (χ1v) is 7.14. The number of hydrogen-bond acceptors (Lipinski definition) is 4. The fourth-order valence-corrected chi connectivity index (χ4v) is 2.33. The number of pyridine rings is 1. The molecule has 0 fully saturated rings. The van der Waals surface area contributed by atoms with Crippen LogP contribution in [0.25, 0.3) is 5.65 Å². The molecule has 2 aromatic heterocycles. The number of imidazole rings is 1. The van der Waals surface area contributed by atoms with Crippen molar-refractivity contribution in [3.63, 3.8) is 0 Å². The normalized spacial score (nSPS) is 11.9. The lowest BCUT2D eigenvalue weighted by molar-refractivity contribution is 0.0852. The smallest absolute Gasteiger partial charge is 0.182 e. The van der Waals surface area contributed by atoms with Crippen molar-refractivity contribution in [2.24, 2.45) is 5.41 Å². The summed E-state index contributed by atoms with van der Waals surface area (Å²) in [5.41, 5.74) is 1.46. The molecule has 21 heavy (non-hydrogen) atoms. The van der Waals surface area contributed by atoms with Crippen LogP contribution < -0.4 is 4.74 Å². The van der Waals surface area contributed by atoms with Crippen molar-refractivity contribution in [3.05, 3.63) is 29.7 Å². The Morgan fingerprint density at radius 2 is 2.19 bits per heavy atom. The fraction of sp³-hybridized carbons (Fsp3) is 0.500. The van der Waals surface area contributed by atoms with Gasteiger partial charge in [0.25, 0.3) is 0 Å². The molecule has 0 saturated heterocycles. The topological polar surface area (TPSA) is 63.8 Å². The Bertz CT molecular complexity index is 659. The number of aromatic nitrogens is 2. The quantitative estimate of drug-likeness (QED) is 0.831. The lowest BCUT2D eigenvalue weighted by atomic mass is 9.87. The van der Waals surface area contributed by atoms with Gasteiger partial charge in [0.05, 0.1) is 12.3 Å². The van der Waals surface area contributed by atoms with Crippen LogP contribution in [0, 0.1) is 12.3 Å². The maximum Gasteiger partial charge on any atom is 0.182 e. The third kappa shape index (κ3) is 3.08. The number of hydrogen-bond donors (Lipinski definition) is 1. The van der Waals surface area contributed by atoms with Gasteiger partial charge in [-0.25, -0.2) is 4.98 Å². The molecule has 0 bridgehead atoms. The highest BCUT2D eigenvalue weighted by Gasteiger charge is 2.26. The third-order valence-electron chi connectivity index (χ3n) is 3.42. The van der Waals surface area contributed by atoms with E-state index in [4.69, 9.17) is 4.74 Å². The molecule has 0 aliphatic heterocycles. The van der Waals surface area contributed by atoms with Crippen molar-refractivity contribution in [2.75, 3.05) is 13.2 Å². The Labute approximate surface area is 124 Å². The summed E-state index contributed by atoms with van der Waals surface area (Å²) in [4.78, 5) is 17.0. The molecule has 0 aromatic carbocycles. The van der Waals surface area contributed by atoms with Crippen LogP contribution in [0.15, 0.2) is 18.3 Å². The van der Waals surface area contributed by atoms with Crippen LogP contribution in [0.5, 0.6) is 5.75 Å². The van der Waals surface area contributed by atoms with Gasteiger partial charge >= 0.3 is 0 Å². The number of carbonyl (C=O) groups is 1. The Hall–Kier alpha value is -1.88. The van der Waals surface area contributed by atoms with Crippen molar-refractivity contribution in [2.45, 2.75) is 34.1 Å². The van der Waals surface area contributed by atoms with Crippen LogP contribution >= 0.6 is 0 Å². The van der Waals surface area contributed by atoms with E-state index in [0.717, 1.165) is 0 Å². The second-order valence-corrected chi connectivity index (χ2v) is 5.97. The van der Waals surface area contributed by atoms with E-state index < -0.39 is 5.41 Å². The van der Waals surface area contributed by atoms with E-state index in [-0.39, 0.29) is 18.8 Å². The van der Waals surface area contributed by atoms with Gasteiger partial charge in [-0.05, 0) is 31.4 Å². The molecule has 5 nitrogen and oxygen atoms in total. The molecule has 0 saturated carbocycles. The Morgan fingerprint density at radius 1 is 1.48 bits per heavy atom. The van der Waals surface area contributed by atoms with Crippen LogP contribution in [-0.4, -0.2) is 33.5 Å². The zero-order valence-corrected chi connectivity index (χ0v) is 13.0. The molecular weight excluding hydrogens is 268 g/mol. The molecule has 0 unspecified atom stereocenters. The van der Waals surface area contributed by atoms with Gasteiger partial charge in [0.2, 0.25) is 0 Å². The third-order valence-corrected chi connectivity index (χ3v) is 3.42. The Kier molecular flexibility index (Phi) is 4.32. The van der Waals surface area contributed by atoms with E-state index in [1.807, 2.05) is 46.0 Å². The number of rotatable bonds is 6. The van der Waals surface area contributed by atoms with Gasteiger partial charge in [0.15, 0.2) is 17.2 Å². The van der Waals surface area contributed by atoms with Crippen LogP contribution in [0.2, 0.25) is 0 Å². The zero-order valence-electron chi connectivity index (χ0n) is 13.0. The van der Waals surface area contributed by atoms with Crippen LogP contribution in [0.1, 0.15) is 43.4 Å². The van der Waals surface area contributed by atoms with E-state index >= 15 is 0 Å². The predicted octanol–water partition coefficient (Wildman–Crippen LogP) is 2.63. The first kappa shape index (κ1) is 15.5. The summed E-state index contributed by atoms with van der Waals surface area (Å²) in [6.45, 7) is 7.99. The number of Topliss-reactive ketones (excluding diaryl/α,β-unsaturated/α-hetero) is 1. The fourth-order valence-electron chi connectivity index (χ4n) is 2.33. The van der Waals surface area contributed by atoms with E-state index in [1.54, 1.807) is 4.40 Å². The standard InChI is InChI=1S/C16H22N2O3/c1-5-21-13-7-6-8-18-14(11(2)17-15(13)18)12(20)9-16(3,4)10-19/h6-8,19H,5,9-10H2,1-4H3. The van der Waals surface area contributed by atoms with Crippen LogP contribution in [-0.2, 0) is 0 Å². The summed E-state index contributed by atoms with van der Waals surface area (Å²) in [6, 6.07) is 3.68. The van der Waals surface area contributed by atoms with E-state index in [2.05, 4.69) is 4.98 Å². The average Bonchev–Trinajstić information content (AvgIpc) is 2.76. The van der Waals surface area contributed by atoms with Crippen molar-refractivity contribution in [1.82, 2.24) is 9.38 Å². The number of aliphatic hydroxyl groups excluding tert-OH is 1. The molecule has 0 amide bonds. The van der Waals surface area contributed by atoms with Gasteiger partial charge < -0.3 is 9.84 Å². The summed E-state index contributed by atoms with van der Waals surface area (Å²) in [5.74, 6) is 0.649. The molecule has 0 aliphatic rings. The van der Waals surface area contributed by atoms with Crippen molar-refractivity contribution in [3.8, 4) is 5.75 Å². The number of aliphatic hydroxyl groups is 1. The number of carbonyl (C=O) groups excluding carboxylic acids is 1. The number of nitrogens with zero attached hydrogens (tertiary/aromatic N) is 2. The maximum atomic E-state index is 12.6. The number of ketones is 1. The summed E-state index contributed by atoms with van der Waals surface area (Å²) < 4.78 is 7.33. The van der Waals surface area contributed by atoms with Gasteiger partial charge in [-0.15, -0.1) is 0 Å². The van der Waals surface area contributed by atoms with E-state index in [0.29, 0.717) is 29.4 Å². The Balaban J connectivity index is 2.47. The molecule has 0 aliphatic carbocycles. The molecule has 2 rings (SSSR count). The number of ether oxygens (including phenoxy) is 1. The molecule has 0 atom stereocenters. The highest BCUT2D eigenvalue weighted by Crippen LogP contribution is 2.26. The van der Waals surface area contributed by atoms with E-state index in [9.17, 15) is 9.90 Å². The summed E-state index contributed by atoms with van der Waals surface area (Å²) in [6.07, 6.45) is 2.09. The van der Waals surface area contributed by atoms with Gasteiger partial charge in [0.1, 0.15) is 5.69 Å². The second-order valence-electron chi connectivity index (χ2n) is 5.97. The highest BCUT2D eigenvalue weighted by atomic mass is 16.5. The SMILES string of the molecule is CCOc1cccn2c(C(=O)CC(C)(C)CO)c(C)nc12. The average molecular weight is 290 g/mol. The molecule has 2 heterocycles. The predicted molar refractivity (Wildman–Crippen MR) is 80.9 cm³/mol. The molecule has 0 spiro atoms. The lowest BCUT2D eigenvalue weighted by Crippen LogP contribution is -2.22. The van der Waals surface area contributed by atoms with Gasteiger partial charge in [-0.3, -0.25) is 9.20 Å². The monoisotopic (exact) mass is 290 g/mol. The van der Waals surface area contributed by atoms with Gasteiger partial charge in [-0.1, -0.05) is 13.8 Å². The number of aryl methyl sites for hydroxylation is 1. The highest BCUT2D eigenvalue weighted by molar-refractivity contribution is 5.97. The minimum absolute atomic E-state index is 0.0206. The minimum Gasteiger partial charge on any atom is -0.490 e. The molecule has 0 radical (unpaired) electrons. The zero-order chi connectivity index (χ0) is 15.6. The first-order valence-electron chi connectivity index (χ1n) is 7.14. The van der Waals surface area contributed by atoms with Crippen molar-refractivity contribution in [1.29, 1.82) is 0 Å². The molecule has 2 aromatic rings. The summed E-state index contributed by atoms with van der Waals surface area (Å²) >= 11 is 0. The first-order chi connectivity index (χ1) is 9.89. The maximum absolute atomic E-state index is 12.6. The number of fused-ring (bicyclic) bond motifs is 1. The molecule has 1 N–H and O–H groups in total. The van der Waals surface area contributed by atoms with Crippen LogP contribution in [0.3, 0.4) is 0 Å². The second kappa shape index (κ2) is 5.85. The van der Waals surface area contributed by atoms with Gasteiger partial charge in [-0.2, -0.15) is 0 Å². The molecule has 114 valence electrons. The molecule has 5 heteroatoms. The van der Waals surface area contributed by atoms with Gasteiger partial charge in [0, 0.05) is 19.2 Å². The Morgan fingerprint density at radius 3 is 2.81 bits per heavy atom. The summed E-state index contributed by atoms with van der Waals surface area (Å²) in [5, 5.41) is 9.34. The van der Waals surface area contributed by atoms with E-state index in [1.165, 1.54) is 0 Å². The largest absolute Gasteiger partial charge is 0.490 e. The van der Waals surface area contributed by atoms with Crippen molar-refractivity contribution >= 4 is 11.4 Å². The lowest BCUT2D eigenvalue weighted by Gasteiger charge is -2.20.